The van der Waals surface area contributed by atoms with Crippen LogP contribution in [-0.4, -0.2) is 35.9 Å². The predicted molar refractivity (Wildman–Crippen MR) is 82.1 cm³/mol. The number of aromatic nitrogens is 2. The highest BCUT2D eigenvalue weighted by atomic mass is 32.2. The second-order valence-electron chi connectivity index (χ2n) is 5.73. The summed E-state index contributed by atoms with van der Waals surface area (Å²) in [5.41, 5.74) is 2.35. The number of hydrogen-bond donors (Lipinski definition) is 3. The standard InChI is InChI=1S/C14H19N3O3S/c1-9(15-11-3-2-6-21(19,20)8-11)10-4-5-12-13(7-10)17-14(18)16-12/h4-5,7,9,11,15H,2-3,6,8H2,1H3,(H2,16,17,18). The van der Waals surface area contributed by atoms with Crippen molar-refractivity contribution in [3.63, 3.8) is 0 Å². The zero-order valence-corrected chi connectivity index (χ0v) is 12.7. The lowest BCUT2D eigenvalue weighted by Gasteiger charge is -2.26. The minimum atomic E-state index is -2.91. The van der Waals surface area contributed by atoms with Gasteiger partial charge in [-0.3, -0.25) is 0 Å². The van der Waals surface area contributed by atoms with Crippen molar-refractivity contribution < 1.29 is 8.42 Å². The van der Waals surface area contributed by atoms with E-state index in [9.17, 15) is 13.2 Å². The van der Waals surface area contributed by atoms with Crippen molar-refractivity contribution in [2.24, 2.45) is 0 Å². The molecule has 1 aliphatic rings. The van der Waals surface area contributed by atoms with Gasteiger partial charge in [-0.1, -0.05) is 6.07 Å². The van der Waals surface area contributed by atoms with Crippen LogP contribution in [0, 0.1) is 0 Å². The van der Waals surface area contributed by atoms with E-state index in [4.69, 9.17) is 0 Å². The molecular formula is C14H19N3O3S. The summed E-state index contributed by atoms with van der Waals surface area (Å²) in [6.07, 6.45) is 1.60. The maximum absolute atomic E-state index is 11.7. The molecule has 3 N–H and O–H groups in total. The van der Waals surface area contributed by atoms with Crippen molar-refractivity contribution in [3.05, 3.63) is 34.2 Å². The Balaban J connectivity index is 1.77. The number of benzene rings is 1. The van der Waals surface area contributed by atoms with Gasteiger partial charge in [0, 0.05) is 12.1 Å². The number of hydrogen-bond acceptors (Lipinski definition) is 4. The van der Waals surface area contributed by atoms with E-state index < -0.39 is 9.84 Å². The molecule has 0 radical (unpaired) electrons. The van der Waals surface area contributed by atoms with E-state index in [-0.39, 0.29) is 23.5 Å². The summed E-state index contributed by atoms with van der Waals surface area (Å²) in [5, 5.41) is 3.38. The third-order valence-electron chi connectivity index (χ3n) is 3.99. The maximum Gasteiger partial charge on any atom is 0.323 e. The fraction of sp³-hybridized carbons (Fsp3) is 0.500. The smallest absolute Gasteiger partial charge is 0.306 e. The molecule has 1 fully saturated rings. The van der Waals surface area contributed by atoms with Gasteiger partial charge in [0.15, 0.2) is 9.84 Å². The van der Waals surface area contributed by atoms with E-state index in [1.165, 1.54) is 0 Å². The first kappa shape index (κ1) is 14.3. The molecule has 3 rings (SSSR count). The third kappa shape index (κ3) is 3.19. The molecule has 0 amide bonds. The molecule has 0 bridgehead atoms. The predicted octanol–water partition coefficient (Wildman–Crippen LogP) is 1.08. The van der Waals surface area contributed by atoms with Crippen molar-refractivity contribution in [2.75, 3.05) is 11.5 Å². The molecule has 1 saturated heterocycles. The molecule has 6 nitrogen and oxygen atoms in total. The minimum Gasteiger partial charge on any atom is -0.306 e. The zero-order chi connectivity index (χ0) is 15.0. The van der Waals surface area contributed by atoms with Crippen LogP contribution in [0.3, 0.4) is 0 Å². The average molecular weight is 309 g/mol. The van der Waals surface area contributed by atoms with Gasteiger partial charge in [0.05, 0.1) is 22.5 Å². The van der Waals surface area contributed by atoms with Gasteiger partial charge in [-0.05, 0) is 37.5 Å². The monoisotopic (exact) mass is 309 g/mol. The fourth-order valence-corrected chi connectivity index (χ4v) is 4.57. The van der Waals surface area contributed by atoms with E-state index in [0.29, 0.717) is 5.75 Å². The van der Waals surface area contributed by atoms with Crippen LogP contribution in [0.25, 0.3) is 11.0 Å². The topological polar surface area (TPSA) is 94.8 Å². The summed E-state index contributed by atoms with van der Waals surface area (Å²) < 4.78 is 23.3. The fourth-order valence-electron chi connectivity index (χ4n) is 2.92. The molecule has 7 heteroatoms. The molecule has 0 aliphatic carbocycles. The summed E-state index contributed by atoms with van der Waals surface area (Å²) in [7, 11) is -2.91. The first-order valence-electron chi connectivity index (χ1n) is 7.11. The minimum absolute atomic E-state index is 0.000259. The number of fused-ring (bicyclic) bond motifs is 1. The largest absolute Gasteiger partial charge is 0.323 e. The Hall–Kier alpha value is -1.60. The molecule has 114 valence electrons. The summed E-state index contributed by atoms with van der Waals surface area (Å²) in [4.78, 5) is 16.7. The summed E-state index contributed by atoms with van der Waals surface area (Å²) in [6.45, 7) is 2.01. The Morgan fingerprint density at radius 3 is 2.81 bits per heavy atom. The Kier molecular flexibility index (Phi) is 3.62. The van der Waals surface area contributed by atoms with Crippen LogP contribution < -0.4 is 11.0 Å². The van der Waals surface area contributed by atoms with E-state index in [1.807, 2.05) is 25.1 Å². The average Bonchev–Trinajstić information content (AvgIpc) is 2.76. The van der Waals surface area contributed by atoms with Crippen molar-refractivity contribution >= 4 is 20.9 Å². The first-order valence-corrected chi connectivity index (χ1v) is 8.93. The van der Waals surface area contributed by atoms with E-state index in [2.05, 4.69) is 15.3 Å². The molecule has 2 aromatic rings. The van der Waals surface area contributed by atoms with Gasteiger partial charge in [-0.2, -0.15) is 0 Å². The van der Waals surface area contributed by atoms with Crippen LogP contribution in [0.15, 0.2) is 23.0 Å². The van der Waals surface area contributed by atoms with Crippen LogP contribution in [0.4, 0.5) is 0 Å². The number of imidazole rings is 1. The lowest BCUT2D eigenvalue weighted by atomic mass is 10.1. The highest BCUT2D eigenvalue weighted by Crippen LogP contribution is 2.20. The Labute approximate surface area is 122 Å². The van der Waals surface area contributed by atoms with Gasteiger partial charge in [0.1, 0.15) is 0 Å². The zero-order valence-electron chi connectivity index (χ0n) is 11.8. The molecule has 1 aromatic heterocycles. The van der Waals surface area contributed by atoms with Crippen LogP contribution in [-0.2, 0) is 9.84 Å². The van der Waals surface area contributed by atoms with Gasteiger partial charge >= 0.3 is 5.69 Å². The van der Waals surface area contributed by atoms with E-state index >= 15 is 0 Å². The van der Waals surface area contributed by atoms with Crippen molar-refractivity contribution in [1.82, 2.24) is 15.3 Å². The summed E-state index contributed by atoms with van der Waals surface area (Å²) >= 11 is 0. The molecule has 2 atom stereocenters. The molecule has 0 saturated carbocycles. The Morgan fingerprint density at radius 1 is 1.29 bits per heavy atom. The van der Waals surface area contributed by atoms with Gasteiger partial charge in [0.25, 0.3) is 0 Å². The summed E-state index contributed by atoms with van der Waals surface area (Å²) in [6, 6.07) is 5.76. The molecule has 0 spiro atoms. The van der Waals surface area contributed by atoms with Crippen LogP contribution >= 0.6 is 0 Å². The number of sulfone groups is 1. The first-order chi connectivity index (χ1) is 9.93. The lowest BCUT2D eigenvalue weighted by molar-refractivity contribution is 0.437. The number of rotatable bonds is 3. The number of nitrogens with one attached hydrogen (secondary N) is 3. The Morgan fingerprint density at radius 2 is 2.05 bits per heavy atom. The van der Waals surface area contributed by atoms with Gasteiger partial charge in [0.2, 0.25) is 0 Å². The van der Waals surface area contributed by atoms with Crippen molar-refractivity contribution in [2.45, 2.75) is 31.8 Å². The molecule has 2 heterocycles. The van der Waals surface area contributed by atoms with Crippen LogP contribution in [0.5, 0.6) is 0 Å². The molecule has 2 unspecified atom stereocenters. The second kappa shape index (κ2) is 5.31. The highest BCUT2D eigenvalue weighted by Gasteiger charge is 2.25. The summed E-state index contributed by atoms with van der Waals surface area (Å²) in [5.74, 6) is 0.511. The normalized spacial score (nSPS) is 23.2. The van der Waals surface area contributed by atoms with Crippen LogP contribution in [0.2, 0.25) is 0 Å². The molecular weight excluding hydrogens is 290 g/mol. The van der Waals surface area contributed by atoms with Crippen molar-refractivity contribution in [3.8, 4) is 0 Å². The second-order valence-corrected chi connectivity index (χ2v) is 7.95. The number of aromatic amines is 2. The number of H-pyrrole nitrogens is 2. The third-order valence-corrected chi connectivity index (χ3v) is 5.81. The van der Waals surface area contributed by atoms with Gasteiger partial charge < -0.3 is 15.3 Å². The maximum atomic E-state index is 11.7. The van der Waals surface area contributed by atoms with E-state index in [1.54, 1.807) is 0 Å². The van der Waals surface area contributed by atoms with Crippen LogP contribution in [0.1, 0.15) is 31.4 Å². The van der Waals surface area contributed by atoms with Crippen molar-refractivity contribution in [1.29, 1.82) is 0 Å². The quantitative estimate of drug-likeness (QED) is 0.791. The van der Waals surface area contributed by atoms with Gasteiger partial charge in [-0.25, -0.2) is 13.2 Å². The molecule has 1 aromatic carbocycles. The molecule has 21 heavy (non-hydrogen) atoms. The highest BCUT2D eigenvalue weighted by molar-refractivity contribution is 7.91. The lowest BCUT2D eigenvalue weighted by Crippen LogP contribution is -2.41. The Bertz CT molecular complexity index is 806. The van der Waals surface area contributed by atoms with E-state index in [0.717, 1.165) is 29.4 Å². The molecule has 1 aliphatic heterocycles. The SMILES string of the molecule is CC(NC1CCCS(=O)(=O)C1)c1ccc2[nH]c(=O)[nH]c2c1. The van der Waals surface area contributed by atoms with Gasteiger partial charge in [-0.15, -0.1) is 0 Å².